The summed E-state index contributed by atoms with van der Waals surface area (Å²) in [6, 6.07) is 2.34. The van der Waals surface area contributed by atoms with E-state index in [1.807, 2.05) is 0 Å². The lowest BCUT2D eigenvalue weighted by atomic mass is 11.2. The lowest BCUT2D eigenvalue weighted by Gasteiger charge is -1.93. The number of hydrogen-bond donors (Lipinski definition) is 2. The van der Waals surface area contributed by atoms with Gasteiger partial charge in [0.1, 0.15) is 5.69 Å². The minimum atomic E-state index is -1.17. The van der Waals surface area contributed by atoms with E-state index in [1.54, 1.807) is 0 Å². The molecule has 0 spiro atoms. The molecular weight excluding hydrogens is 169 g/mol. The molecule has 12 heavy (non-hydrogen) atoms. The van der Waals surface area contributed by atoms with Gasteiger partial charge in [-0.1, -0.05) is 0 Å². The number of carboxylic acids is 2. The fourth-order valence-corrected chi connectivity index (χ4v) is 0.647. The first kappa shape index (κ1) is 8.19. The zero-order valence-corrected chi connectivity index (χ0v) is 5.89. The summed E-state index contributed by atoms with van der Waals surface area (Å²) < 4.78 is 0. The van der Waals surface area contributed by atoms with Gasteiger partial charge in [-0.05, 0) is 12.1 Å². The maximum Gasteiger partial charge on any atom is 0.354 e. The van der Waals surface area contributed by atoms with E-state index in [0.717, 1.165) is 12.3 Å². The minimum absolute atomic E-state index is 0.0278. The minimum Gasteiger partial charge on any atom is -0.478 e. The molecule has 0 amide bonds. The average Bonchev–Trinajstić information content (AvgIpc) is 2.04. The van der Waals surface area contributed by atoms with Crippen molar-refractivity contribution in [2.75, 3.05) is 0 Å². The quantitative estimate of drug-likeness (QED) is 0.636. The molecule has 0 saturated heterocycles. The third kappa shape index (κ3) is 1.57. The van der Waals surface area contributed by atoms with Crippen molar-refractivity contribution in [1.29, 1.82) is 0 Å². The summed E-state index contributed by atoms with van der Waals surface area (Å²) in [4.78, 5) is 24.0. The molecule has 0 aliphatic carbocycles. The molecule has 1 aromatic heterocycles. The predicted octanol–water partition coefficient (Wildman–Crippen LogP) is 0.478. The lowest BCUT2D eigenvalue weighted by molar-refractivity contribution is 0.0676. The molecule has 62 valence electrons. The van der Waals surface area contributed by atoms with Gasteiger partial charge in [-0.3, -0.25) is 0 Å². The van der Waals surface area contributed by atoms with Gasteiger partial charge < -0.3 is 10.2 Å². The van der Waals surface area contributed by atoms with Gasteiger partial charge in [0.15, 0.2) is 0 Å². The third-order valence-corrected chi connectivity index (χ3v) is 1.23. The van der Waals surface area contributed by atoms with E-state index >= 15 is 0 Å². The molecule has 0 aromatic carbocycles. The van der Waals surface area contributed by atoms with Gasteiger partial charge >= 0.3 is 11.9 Å². The van der Waals surface area contributed by atoms with Crippen LogP contribution in [0.2, 0.25) is 0 Å². The van der Waals surface area contributed by atoms with Crippen LogP contribution >= 0.6 is 0 Å². The van der Waals surface area contributed by atoms with Crippen LogP contribution in [-0.2, 0) is 0 Å². The standard InChI is InChI=1S/C7H5NO4/c9-6(10)4-1-2-5(7(11)12)8-3-4/h1-3H,(H,9,10)(H,11,12)/i1+1,2+1,3+1,4+1,5+1,6+1,7+1. The first-order valence-electron chi connectivity index (χ1n) is 3.04. The molecule has 1 rings (SSSR count). The van der Waals surface area contributed by atoms with Gasteiger partial charge in [0.05, 0.1) is 5.56 Å². The number of aromatic carboxylic acids is 2. The normalized spacial score (nSPS) is 9.33. The summed E-state index contributed by atoms with van der Waals surface area (Å²) in [5.41, 5.74) is -0.194. The van der Waals surface area contributed by atoms with E-state index in [1.165, 1.54) is 6.07 Å². The van der Waals surface area contributed by atoms with Crippen LogP contribution in [0.3, 0.4) is 0 Å². The molecule has 1 aromatic rings. The molecule has 0 aliphatic heterocycles. The molecule has 0 saturated carbocycles. The SMILES string of the molecule is O=[13C](O)[13c]1[13cH][13cH][13c]([13C](=O)O)n[13cH]1. The van der Waals surface area contributed by atoms with Crippen LogP contribution in [0.15, 0.2) is 18.3 Å². The van der Waals surface area contributed by atoms with Gasteiger partial charge in [-0.2, -0.15) is 0 Å². The Morgan fingerprint density at radius 2 is 1.83 bits per heavy atom. The summed E-state index contributed by atoms with van der Waals surface area (Å²) in [7, 11) is 0. The topological polar surface area (TPSA) is 87.5 Å². The maximum absolute atomic E-state index is 10.3. The Kier molecular flexibility index (Phi) is 2.05. The molecule has 0 radical (unpaired) electrons. The second-order valence-electron chi connectivity index (χ2n) is 2.04. The average molecular weight is 174 g/mol. The summed E-state index contributed by atoms with van der Waals surface area (Å²) in [6.07, 6.45) is 1.01. The van der Waals surface area contributed by atoms with E-state index in [9.17, 15) is 9.59 Å². The smallest absolute Gasteiger partial charge is 0.354 e. The number of carboxylic acid groups (broad SMARTS) is 2. The van der Waals surface area contributed by atoms with Crippen molar-refractivity contribution in [2.24, 2.45) is 0 Å². The number of nitrogens with zero attached hydrogens (tertiary/aromatic N) is 1. The first-order chi connectivity index (χ1) is 5.61. The van der Waals surface area contributed by atoms with E-state index in [2.05, 4.69) is 4.98 Å². The highest BCUT2D eigenvalue weighted by atomic mass is 16.5. The van der Waals surface area contributed by atoms with Gasteiger partial charge in [0.2, 0.25) is 0 Å². The second-order valence-corrected chi connectivity index (χ2v) is 2.04. The first-order valence-corrected chi connectivity index (χ1v) is 3.04. The molecule has 5 nitrogen and oxygen atoms in total. The fraction of sp³-hybridized carbons (Fsp3) is 0. The Labute approximate surface area is 67.3 Å². The summed E-state index contributed by atoms with van der Waals surface area (Å²) in [5.74, 6) is -2.30. The highest BCUT2D eigenvalue weighted by Gasteiger charge is 2.06. The van der Waals surface area contributed by atoms with E-state index in [-0.39, 0.29) is 11.3 Å². The summed E-state index contributed by atoms with van der Waals surface area (Å²) >= 11 is 0. The number of hydrogen-bond acceptors (Lipinski definition) is 3. The second kappa shape index (κ2) is 3.00. The van der Waals surface area contributed by atoms with E-state index < -0.39 is 11.9 Å². The monoisotopic (exact) mass is 174 g/mol. The molecule has 0 aliphatic rings. The van der Waals surface area contributed by atoms with Crippen LogP contribution in [0, 0.1) is 0 Å². The van der Waals surface area contributed by atoms with Crippen molar-refractivity contribution >= 4 is 11.9 Å². The number of rotatable bonds is 2. The molecule has 0 atom stereocenters. The summed E-state index contributed by atoms with van der Waals surface area (Å²) in [6.45, 7) is 0. The van der Waals surface area contributed by atoms with Crippen LogP contribution in [0.4, 0.5) is 0 Å². The molecule has 0 unspecified atom stereocenters. The Balaban J connectivity index is 3.01. The Morgan fingerprint density at radius 3 is 2.17 bits per heavy atom. The van der Waals surface area contributed by atoms with Crippen LogP contribution in [0.5, 0.6) is 0 Å². The molecule has 0 fully saturated rings. The highest BCUT2D eigenvalue weighted by Crippen LogP contribution is 1.99. The Morgan fingerprint density at radius 1 is 1.17 bits per heavy atom. The largest absolute Gasteiger partial charge is 0.478 e. The van der Waals surface area contributed by atoms with Gasteiger partial charge in [0, 0.05) is 6.20 Å². The maximum atomic E-state index is 10.3. The van der Waals surface area contributed by atoms with Crippen molar-refractivity contribution in [3.05, 3.63) is 29.6 Å². The summed E-state index contributed by atoms with van der Waals surface area (Å²) in [5, 5.41) is 16.8. The Hall–Kier alpha value is -1.91. The molecular formula is C7H5NO4. The number of aromatic nitrogens is 1. The van der Waals surface area contributed by atoms with Crippen molar-refractivity contribution in [3.8, 4) is 0 Å². The van der Waals surface area contributed by atoms with Gasteiger partial charge in [0.25, 0.3) is 0 Å². The van der Waals surface area contributed by atoms with Crippen LogP contribution in [0.25, 0.3) is 0 Å². The van der Waals surface area contributed by atoms with Crippen molar-refractivity contribution in [2.45, 2.75) is 0 Å². The van der Waals surface area contributed by atoms with Crippen molar-refractivity contribution < 1.29 is 19.8 Å². The number of carbonyl (C=O) groups is 2. The van der Waals surface area contributed by atoms with E-state index in [0.29, 0.717) is 0 Å². The third-order valence-electron chi connectivity index (χ3n) is 1.23. The Bertz CT molecular complexity index is 284. The lowest BCUT2D eigenvalue weighted by Crippen LogP contribution is -2.02. The molecule has 1 heterocycles. The van der Waals surface area contributed by atoms with Crippen LogP contribution < -0.4 is 0 Å². The molecule has 5 heteroatoms. The van der Waals surface area contributed by atoms with Crippen LogP contribution in [-0.4, -0.2) is 27.1 Å². The highest BCUT2D eigenvalue weighted by molar-refractivity contribution is 5.89. The van der Waals surface area contributed by atoms with Crippen LogP contribution in [0.1, 0.15) is 20.8 Å². The van der Waals surface area contributed by atoms with Gasteiger partial charge in [-0.15, -0.1) is 0 Å². The predicted molar refractivity (Wildman–Crippen MR) is 38.2 cm³/mol. The number of pyridine rings is 1. The molecule has 0 bridgehead atoms. The van der Waals surface area contributed by atoms with E-state index in [4.69, 9.17) is 10.2 Å². The zero-order chi connectivity index (χ0) is 9.14. The van der Waals surface area contributed by atoms with Crippen molar-refractivity contribution in [1.82, 2.24) is 4.98 Å². The molecule has 2 N–H and O–H groups in total. The van der Waals surface area contributed by atoms with Gasteiger partial charge in [-0.25, -0.2) is 14.6 Å². The fourth-order valence-electron chi connectivity index (χ4n) is 0.647. The zero-order valence-electron chi connectivity index (χ0n) is 5.89. The van der Waals surface area contributed by atoms with Crippen molar-refractivity contribution in [3.63, 3.8) is 0 Å².